The molecule has 84 valence electrons. The predicted octanol–water partition coefficient (Wildman–Crippen LogP) is 0.613. The van der Waals surface area contributed by atoms with Crippen molar-refractivity contribution in [3.63, 3.8) is 0 Å². The molecule has 9 heteroatoms. The van der Waals surface area contributed by atoms with Crippen LogP contribution >= 0.6 is 0 Å². The van der Waals surface area contributed by atoms with Crippen molar-refractivity contribution in [2.45, 2.75) is 5.92 Å². The fourth-order valence-corrected chi connectivity index (χ4v) is 1.42. The van der Waals surface area contributed by atoms with Gasteiger partial charge in [-0.25, -0.2) is 4.63 Å². The molecule has 2 aromatic rings. The number of benzene rings is 1. The molecule has 0 aliphatic carbocycles. The molecule has 0 spiro atoms. The summed E-state index contributed by atoms with van der Waals surface area (Å²) in [4.78, 5) is 10.1. The van der Waals surface area contributed by atoms with E-state index in [0.29, 0.717) is 0 Å². The van der Waals surface area contributed by atoms with Crippen molar-refractivity contribution in [2.75, 3.05) is 0 Å². The van der Waals surface area contributed by atoms with E-state index in [1.807, 2.05) is 0 Å². The summed E-state index contributed by atoms with van der Waals surface area (Å²) in [5, 5.41) is 35.1. The minimum atomic E-state index is -1.06. The quantitative estimate of drug-likeness (QED) is 0.435. The van der Waals surface area contributed by atoms with E-state index >= 15 is 0 Å². The van der Waals surface area contributed by atoms with Crippen LogP contribution in [-0.2, 0) is 0 Å². The Balaban J connectivity index is 0.00000162. The summed E-state index contributed by atoms with van der Waals surface area (Å²) >= 11 is 0. The normalized spacial score (nSPS) is 9.50. The first-order chi connectivity index (χ1) is 8.19. The van der Waals surface area contributed by atoms with Crippen molar-refractivity contribution < 1.29 is 9.55 Å². The molecule has 0 radical (unpaired) electrons. The molecule has 0 bridgehead atoms. The predicted molar refractivity (Wildman–Crippen MR) is 59.6 cm³/mol. The fourth-order valence-electron chi connectivity index (χ4n) is 1.42. The molecular weight excluding hydrogens is 249 g/mol. The number of nitro benzene ring substituents is 1. The van der Waals surface area contributed by atoms with Crippen molar-refractivity contribution in [1.82, 2.24) is 10.3 Å². The summed E-state index contributed by atoms with van der Waals surface area (Å²) in [5.41, 5.74) is -0.0354. The number of nitrogens with zero attached hydrogens (tertiary/aromatic N) is 5. The molecule has 1 aromatic heterocycles. The number of rotatable bonds is 2. The average molecular weight is 253 g/mol. The molecule has 0 atom stereocenters. The Morgan fingerprint density at radius 1 is 1.28 bits per heavy atom. The number of fused-ring (bicyclic) bond motifs is 1. The van der Waals surface area contributed by atoms with Crippen molar-refractivity contribution in [1.29, 1.82) is 10.5 Å². The van der Waals surface area contributed by atoms with Crippen LogP contribution in [0.4, 0.5) is 5.69 Å². The third-order valence-electron chi connectivity index (χ3n) is 2.19. The molecule has 1 heterocycles. The Hall–Kier alpha value is -2.00. The molecule has 2 rings (SSSR count). The van der Waals surface area contributed by atoms with Crippen molar-refractivity contribution in [2.24, 2.45) is 0 Å². The Labute approximate surface area is 122 Å². The third-order valence-corrected chi connectivity index (χ3v) is 2.19. The maximum atomic E-state index is 10.7. The van der Waals surface area contributed by atoms with Crippen LogP contribution < -0.4 is 0 Å². The molecule has 0 fully saturated rings. The Bertz CT molecular complexity index is 670. The number of hydrogen-bond donors (Lipinski definition) is 0. The zero-order valence-corrected chi connectivity index (χ0v) is 8.19. The standard InChI is InChI=1S/C9H3N5O3.Na.H/c10-3-5(4-11)6-1-2-7(14(15)16)9-8(6)12-17-13-9;;/h1-2,5H;;. The molecule has 8 nitrogen and oxygen atoms in total. The van der Waals surface area contributed by atoms with Crippen LogP contribution in [0, 0.1) is 32.8 Å². The zero-order chi connectivity index (χ0) is 12.4. The third kappa shape index (κ3) is 2.17. The molecule has 0 saturated heterocycles. The molecule has 1 aromatic carbocycles. The molecule has 18 heavy (non-hydrogen) atoms. The second kappa shape index (κ2) is 5.56. The first-order valence-corrected chi connectivity index (χ1v) is 4.38. The van der Waals surface area contributed by atoms with E-state index in [-0.39, 0.29) is 51.8 Å². The molecular formula is C9H4N5NaO3. The number of hydrogen-bond acceptors (Lipinski definition) is 7. The average Bonchev–Trinajstić information content (AvgIpc) is 2.79. The van der Waals surface area contributed by atoms with Gasteiger partial charge < -0.3 is 0 Å². The van der Waals surface area contributed by atoms with Crippen LogP contribution in [0.5, 0.6) is 0 Å². The van der Waals surface area contributed by atoms with Crippen molar-refractivity contribution in [3.05, 3.63) is 27.8 Å². The Kier molecular flexibility index (Phi) is 4.34. The molecule has 0 amide bonds. The van der Waals surface area contributed by atoms with E-state index < -0.39 is 10.8 Å². The van der Waals surface area contributed by atoms with Gasteiger partial charge in [-0.3, -0.25) is 10.1 Å². The maximum absolute atomic E-state index is 10.7. The van der Waals surface area contributed by atoms with E-state index in [2.05, 4.69) is 14.9 Å². The summed E-state index contributed by atoms with van der Waals surface area (Å²) in [6, 6.07) is 5.99. The van der Waals surface area contributed by atoms with Crippen LogP contribution in [0.3, 0.4) is 0 Å². The van der Waals surface area contributed by atoms with Crippen LogP contribution in [-0.4, -0.2) is 44.8 Å². The second-order valence-corrected chi connectivity index (χ2v) is 3.08. The van der Waals surface area contributed by atoms with E-state index in [1.54, 1.807) is 12.1 Å². The minimum absolute atomic E-state index is 0. The van der Waals surface area contributed by atoms with Crippen LogP contribution in [0.25, 0.3) is 11.0 Å². The van der Waals surface area contributed by atoms with Gasteiger partial charge in [0.2, 0.25) is 5.52 Å². The first-order valence-electron chi connectivity index (χ1n) is 4.38. The van der Waals surface area contributed by atoms with Crippen LogP contribution in [0.15, 0.2) is 16.8 Å². The Morgan fingerprint density at radius 2 is 1.89 bits per heavy atom. The first kappa shape index (κ1) is 14.1. The topological polar surface area (TPSA) is 130 Å². The summed E-state index contributed by atoms with van der Waals surface area (Å²) in [5.74, 6) is -1.06. The van der Waals surface area contributed by atoms with E-state index in [1.165, 1.54) is 12.1 Å². The van der Waals surface area contributed by atoms with Gasteiger partial charge in [-0.1, -0.05) is 0 Å². The molecule has 0 aliphatic rings. The summed E-state index contributed by atoms with van der Waals surface area (Å²) in [6.07, 6.45) is 0. The van der Waals surface area contributed by atoms with Crippen molar-refractivity contribution in [3.8, 4) is 12.1 Å². The van der Waals surface area contributed by atoms with Gasteiger partial charge in [-0.2, -0.15) is 10.5 Å². The SMILES string of the molecule is N#CC(C#N)c1ccc([N+](=O)[O-])c2nonc12.[NaH]. The van der Waals surface area contributed by atoms with Gasteiger partial charge >= 0.3 is 35.2 Å². The molecule has 0 N–H and O–H groups in total. The fraction of sp³-hybridized carbons (Fsp3) is 0.111. The van der Waals surface area contributed by atoms with Gasteiger partial charge in [-0.15, -0.1) is 0 Å². The summed E-state index contributed by atoms with van der Waals surface area (Å²) in [6.45, 7) is 0. The second-order valence-electron chi connectivity index (χ2n) is 3.08. The number of non-ortho nitro benzene ring substituents is 1. The number of nitro groups is 1. The molecule has 0 aliphatic heterocycles. The Morgan fingerprint density at radius 3 is 2.44 bits per heavy atom. The van der Waals surface area contributed by atoms with Gasteiger partial charge in [0, 0.05) is 11.6 Å². The van der Waals surface area contributed by atoms with Gasteiger partial charge in [0.15, 0.2) is 5.92 Å². The molecule has 0 unspecified atom stereocenters. The van der Waals surface area contributed by atoms with Crippen LogP contribution in [0.2, 0.25) is 0 Å². The van der Waals surface area contributed by atoms with Gasteiger partial charge in [-0.05, 0) is 16.4 Å². The number of nitriles is 2. The summed E-state index contributed by atoms with van der Waals surface area (Å²) < 4.78 is 4.41. The molecule has 0 saturated carbocycles. The number of aromatic nitrogens is 2. The van der Waals surface area contributed by atoms with Crippen LogP contribution in [0.1, 0.15) is 11.5 Å². The van der Waals surface area contributed by atoms with Gasteiger partial charge in [0.05, 0.1) is 17.1 Å². The summed E-state index contributed by atoms with van der Waals surface area (Å²) in [7, 11) is 0. The van der Waals surface area contributed by atoms with Crippen molar-refractivity contribution >= 4 is 46.3 Å². The van der Waals surface area contributed by atoms with E-state index in [4.69, 9.17) is 10.5 Å². The monoisotopic (exact) mass is 253 g/mol. The van der Waals surface area contributed by atoms with E-state index in [9.17, 15) is 10.1 Å². The van der Waals surface area contributed by atoms with Gasteiger partial charge in [0.1, 0.15) is 5.52 Å². The zero-order valence-electron chi connectivity index (χ0n) is 8.19. The van der Waals surface area contributed by atoms with E-state index in [0.717, 1.165) is 0 Å². The van der Waals surface area contributed by atoms with Gasteiger partial charge in [0.25, 0.3) is 0 Å².